The van der Waals surface area contributed by atoms with Gasteiger partial charge < -0.3 is 10.5 Å². The Morgan fingerprint density at radius 2 is 1.84 bits per heavy atom. The number of ether oxygens (including phenoxy) is 1. The molecule has 134 valence electrons. The van der Waals surface area contributed by atoms with E-state index in [1.54, 1.807) is 31.4 Å². The van der Waals surface area contributed by atoms with Crippen molar-refractivity contribution in [1.82, 2.24) is 0 Å². The summed E-state index contributed by atoms with van der Waals surface area (Å²) < 4.78 is 46.5. The van der Waals surface area contributed by atoms with Crippen LogP contribution in [0.2, 0.25) is 5.02 Å². The lowest BCUT2D eigenvalue weighted by Crippen LogP contribution is -2.11. The number of carbonyl (C=O) groups is 1. The molecule has 0 aliphatic heterocycles. The average molecular weight is 388 g/mol. The van der Waals surface area contributed by atoms with E-state index < -0.39 is 21.8 Å². The Balaban J connectivity index is 0.000000257. The zero-order valence-corrected chi connectivity index (χ0v) is 14.6. The summed E-state index contributed by atoms with van der Waals surface area (Å²) in [6.07, 6.45) is 1.30. The number of hydrogen-bond acceptors (Lipinski definition) is 4. The van der Waals surface area contributed by atoms with E-state index in [2.05, 4.69) is 0 Å². The molecule has 0 saturated carbocycles. The van der Waals surface area contributed by atoms with Crippen molar-refractivity contribution in [1.29, 1.82) is 0 Å². The molecule has 0 heterocycles. The second kappa shape index (κ2) is 9.16. The summed E-state index contributed by atoms with van der Waals surface area (Å²) in [4.78, 5) is 10.5. The average Bonchev–Trinajstić information content (AvgIpc) is 2.53. The maximum atomic E-state index is 12.4. The largest absolute Gasteiger partial charge is 0.497 e. The van der Waals surface area contributed by atoms with Gasteiger partial charge in [0.25, 0.3) is 10.1 Å². The van der Waals surface area contributed by atoms with Crippen molar-refractivity contribution in [2.24, 2.45) is 5.73 Å². The summed E-state index contributed by atoms with van der Waals surface area (Å²) in [6, 6.07) is 10.2. The van der Waals surface area contributed by atoms with Crippen LogP contribution >= 0.6 is 11.6 Å². The van der Waals surface area contributed by atoms with E-state index >= 15 is 0 Å². The van der Waals surface area contributed by atoms with Crippen LogP contribution in [0.4, 0.5) is 4.39 Å². The summed E-state index contributed by atoms with van der Waals surface area (Å²) in [6.45, 7) is 0. The number of primary amides is 1. The number of halogens is 2. The van der Waals surface area contributed by atoms with Gasteiger partial charge in [0.15, 0.2) is 0 Å². The van der Waals surface area contributed by atoms with Gasteiger partial charge in [-0.3, -0.25) is 9.35 Å². The molecule has 6 nitrogen and oxygen atoms in total. The van der Waals surface area contributed by atoms with Crippen LogP contribution in [-0.4, -0.2) is 26.0 Å². The van der Waals surface area contributed by atoms with E-state index in [1.807, 2.05) is 0 Å². The Hall–Kier alpha value is -2.42. The van der Waals surface area contributed by atoms with Crippen LogP contribution in [-0.2, 0) is 10.1 Å². The van der Waals surface area contributed by atoms with Crippen LogP contribution < -0.4 is 10.5 Å². The summed E-state index contributed by atoms with van der Waals surface area (Å²) in [5.74, 6) is -0.455. The lowest BCUT2D eigenvalue weighted by Gasteiger charge is -1.98. The molecule has 2 aromatic rings. The molecule has 0 atom stereocenters. The third-order valence-electron chi connectivity index (χ3n) is 2.74. The van der Waals surface area contributed by atoms with Gasteiger partial charge >= 0.3 is 0 Å². The fourth-order valence-electron chi connectivity index (χ4n) is 1.57. The molecule has 0 aromatic heterocycles. The summed E-state index contributed by atoms with van der Waals surface area (Å²) in [5.41, 5.74) is 5.72. The molecule has 2 rings (SSSR count). The van der Waals surface area contributed by atoms with Gasteiger partial charge in [-0.2, -0.15) is 8.42 Å². The third-order valence-corrected chi connectivity index (χ3v) is 3.54. The minimum absolute atomic E-state index is 0.0394. The van der Waals surface area contributed by atoms with Gasteiger partial charge in [-0.25, -0.2) is 4.39 Å². The van der Waals surface area contributed by atoms with Gasteiger partial charge in [0.1, 0.15) is 11.6 Å². The fraction of sp³-hybridized carbons (Fsp3) is 0.0625. The van der Waals surface area contributed by atoms with E-state index in [0.717, 1.165) is 17.5 Å². The van der Waals surface area contributed by atoms with Gasteiger partial charge in [-0.15, -0.1) is 0 Å². The number of benzene rings is 2. The SMILES string of the molecule is COc1ccc(/C=C/S(=O)(=O)O)cc1.NC(=O)c1ccc(F)cc1Cl. The van der Waals surface area contributed by atoms with Crippen molar-refractivity contribution in [2.45, 2.75) is 0 Å². The van der Waals surface area contributed by atoms with E-state index in [0.29, 0.717) is 11.3 Å². The maximum Gasteiger partial charge on any atom is 0.287 e. The first-order valence-corrected chi connectivity index (χ1v) is 8.55. The quantitative estimate of drug-likeness (QED) is 0.784. The predicted octanol–water partition coefficient (Wildman–Crippen LogP) is 3.13. The lowest BCUT2D eigenvalue weighted by atomic mass is 10.2. The smallest absolute Gasteiger partial charge is 0.287 e. The van der Waals surface area contributed by atoms with Gasteiger partial charge in [0.2, 0.25) is 5.91 Å². The van der Waals surface area contributed by atoms with Crippen LogP contribution in [0.3, 0.4) is 0 Å². The second-order valence-electron chi connectivity index (χ2n) is 4.58. The molecular weight excluding hydrogens is 373 g/mol. The number of methoxy groups -OCH3 is 1. The van der Waals surface area contributed by atoms with Gasteiger partial charge in [-0.05, 0) is 42.0 Å². The molecule has 0 unspecified atom stereocenters. The Bertz CT molecular complexity index is 867. The van der Waals surface area contributed by atoms with Gasteiger partial charge in [0.05, 0.1) is 23.1 Å². The van der Waals surface area contributed by atoms with Crippen LogP contribution in [0.15, 0.2) is 47.9 Å². The highest BCUT2D eigenvalue weighted by Gasteiger charge is 2.05. The van der Waals surface area contributed by atoms with Crippen molar-refractivity contribution in [3.05, 3.63) is 69.8 Å². The van der Waals surface area contributed by atoms with Gasteiger partial charge in [0, 0.05) is 0 Å². The van der Waals surface area contributed by atoms with Crippen LogP contribution in [0.1, 0.15) is 15.9 Å². The molecule has 9 heteroatoms. The normalized spacial score (nSPS) is 10.9. The lowest BCUT2D eigenvalue weighted by molar-refractivity contribution is 0.100. The van der Waals surface area contributed by atoms with Crippen molar-refractivity contribution in [2.75, 3.05) is 7.11 Å². The first-order valence-electron chi connectivity index (χ1n) is 6.67. The van der Waals surface area contributed by atoms with Crippen molar-refractivity contribution in [3.63, 3.8) is 0 Å². The molecule has 0 bridgehead atoms. The molecular formula is C16H15ClFNO5S. The molecule has 25 heavy (non-hydrogen) atoms. The van der Waals surface area contributed by atoms with Crippen LogP contribution in [0.25, 0.3) is 6.08 Å². The first kappa shape index (κ1) is 20.6. The second-order valence-corrected chi connectivity index (χ2v) is 6.29. The Morgan fingerprint density at radius 1 is 1.24 bits per heavy atom. The number of hydrogen-bond donors (Lipinski definition) is 2. The Labute approximate surface area is 149 Å². The molecule has 0 fully saturated rings. The number of amides is 1. The fourth-order valence-corrected chi connectivity index (χ4v) is 2.16. The van der Waals surface area contributed by atoms with E-state index in [4.69, 9.17) is 26.6 Å². The highest BCUT2D eigenvalue weighted by Crippen LogP contribution is 2.16. The summed E-state index contributed by atoms with van der Waals surface area (Å²) in [7, 11) is -2.51. The Morgan fingerprint density at radius 3 is 2.28 bits per heavy atom. The predicted molar refractivity (Wildman–Crippen MR) is 93.5 cm³/mol. The van der Waals surface area contributed by atoms with E-state index in [1.165, 1.54) is 12.1 Å². The zero-order chi connectivity index (χ0) is 19.0. The maximum absolute atomic E-state index is 12.4. The number of rotatable bonds is 4. The Kier molecular flexibility index (Phi) is 7.56. The summed E-state index contributed by atoms with van der Waals surface area (Å²) >= 11 is 5.48. The minimum Gasteiger partial charge on any atom is -0.497 e. The standard InChI is InChI=1S/C9H10O4S.C7H5ClFNO/c1-13-9-4-2-8(3-5-9)6-7-14(10,11)12;8-6-3-4(9)1-2-5(6)7(10)11/h2-7H,1H3,(H,10,11,12);1-3H,(H2,10,11)/b7-6+;. The van der Waals surface area contributed by atoms with Gasteiger partial charge in [-0.1, -0.05) is 23.7 Å². The van der Waals surface area contributed by atoms with Crippen molar-refractivity contribution in [3.8, 4) is 5.75 Å². The van der Waals surface area contributed by atoms with Crippen LogP contribution in [0.5, 0.6) is 5.75 Å². The highest BCUT2D eigenvalue weighted by atomic mass is 35.5. The molecule has 0 saturated heterocycles. The van der Waals surface area contributed by atoms with Crippen molar-refractivity contribution < 1.29 is 26.9 Å². The van der Waals surface area contributed by atoms with E-state index in [-0.39, 0.29) is 10.6 Å². The summed E-state index contributed by atoms with van der Waals surface area (Å²) in [5, 5.41) is 0.770. The first-order chi connectivity index (χ1) is 11.6. The van der Waals surface area contributed by atoms with E-state index in [9.17, 15) is 17.6 Å². The molecule has 1 amide bonds. The molecule has 0 spiro atoms. The van der Waals surface area contributed by atoms with Crippen LogP contribution in [0, 0.1) is 5.82 Å². The highest BCUT2D eigenvalue weighted by molar-refractivity contribution is 7.88. The number of nitrogens with two attached hydrogens (primary N) is 1. The van der Waals surface area contributed by atoms with Crippen molar-refractivity contribution >= 4 is 33.7 Å². The zero-order valence-electron chi connectivity index (χ0n) is 13.0. The minimum atomic E-state index is -4.05. The molecule has 0 aliphatic rings. The molecule has 2 aromatic carbocycles. The molecule has 0 radical (unpaired) electrons. The third kappa shape index (κ3) is 7.79. The molecule has 3 N–H and O–H groups in total. The topological polar surface area (TPSA) is 107 Å². The number of carbonyl (C=O) groups excluding carboxylic acids is 1. The molecule has 0 aliphatic carbocycles. The monoisotopic (exact) mass is 387 g/mol.